The maximum absolute atomic E-state index is 13.7. The maximum atomic E-state index is 13.7. The summed E-state index contributed by atoms with van der Waals surface area (Å²) in [6, 6.07) is 6.20. The summed E-state index contributed by atoms with van der Waals surface area (Å²) >= 11 is 6.14. The van der Waals surface area contributed by atoms with Crippen LogP contribution in [0, 0.1) is 5.92 Å². The Morgan fingerprint density at radius 2 is 1.71 bits per heavy atom. The number of hydrogen-bond donors (Lipinski definition) is 0. The fourth-order valence-electron chi connectivity index (χ4n) is 4.98. The lowest BCUT2D eigenvalue weighted by Gasteiger charge is -2.44. The van der Waals surface area contributed by atoms with Gasteiger partial charge in [-0.25, -0.2) is 0 Å². The first-order chi connectivity index (χ1) is 14.8. The molecule has 2 saturated heterocycles. The van der Waals surface area contributed by atoms with Gasteiger partial charge in [-0.2, -0.15) is 0 Å². The standard InChI is InChI=1S/C23H30ClN3O4/c1-16-6-8-23(9-7-16)27(21(29)18-4-3-5-19(24)14-18)20(15-31-23)22(30)26-12-10-25(11-13-26)17(2)28/h3-5,14,16,20H,6-13,15H2,1-2H3. The third-order valence-corrected chi connectivity index (χ3v) is 7.16. The molecule has 3 fully saturated rings. The lowest BCUT2D eigenvalue weighted by molar-refractivity contribution is -0.142. The molecule has 31 heavy (non-hydrogen) atoms. The lowest BCUT2D eigenvalue weighted by atomic mass is 9.83. The third-order valence-electron chi connectivity index (χ3n) is 6.93. The highest BCUT2D eigenvalue weighted by Crippen LogP contribution is 2.43. The number of halogens is 1. The Balaban J connectivity index is 1.59. The van der Waals surface area contributed by atoms with Gasteiger partial charge in [0.05, 0.1) is 6.61 Å². The molecule has 1 aromatic carbocycles. The number of benzene rings is 1. The third kappa shape index (κ3) is 4.30. The minimum atomic E-state index is -0.743. The molecule has 168 valence electrons. The minimum absolute atomic E-state index is 0.0179. The summed E-state index contributed by atoms with van der Waals surface area (Å²) in [5, 5.41) is 0.487. The second kappa shape index (κ2) is 8.79. The van der Waals surface area contributed by atoms with E-state index in [1.807, 2.05) is 0 Å². The second-order valence-electron chi connectivity index (χ2n) is 8.97. The largest absolute Gasteiger partial charge is 0.353 e. The summed E-state index contributed by atoms with van der Waals surface area (Å²) in [6.07, 6.45) is 3.36. The highest BCUT2D eigenvalue weighted by molar-refractivity contribution is 6.31. The van der Waals surface area contributed by atoms with E-state index in [9.17, 15) is 14.4 Å². The first kappa shape index (κ1) is 22.1. The Labute approximate surface area is 188 Å². The predicted octanol–water partition coefficient (Wildman–Crippen LogP) is 2.78. The van der Waals surface area contributed by atoms with E-state index in [4.69, 9.17) is 16.3 Å². The molecule has 1 atom stereocenters. The molecule has 0 bridgehead atoms. The average molecular weight is 448 g/mol. The van der Waals surface area contributed by atoms with E-state index in [1.54, 1.807) is 45.9 Å². The first-order valence-corrected chi connectivity index (χ1v) is 11.5. The van der Waals surface area contributed by atoms with Crippen molar-refractivity contribution in [2.24, 2.45) is 5.92 Å². The van der Waals surface area contributed by atoms with E-state index < -0.39 is 11.8 Å². The van der Waals surface area contributed by atoms with Gasteiger partial charge in [0.15, 0.2) is 0 Å². The van der Waals surface area contributed by atoms with Gasteiger partial charge < -0.3 is 14.5 Å². The number of rotatable bonds is 2. The second-order valence-corrected chi connectivity index (χ2v) is 9.41. The van der Waals surface area contributed by atoms with Gasteiger partial charge in [-0.3, -0.25) is 19.3 Å². The van der Waals surface area contributed by atoms with Crippen LogP contribution in [0.4, 0.5) is 0 Å². The first-order valence-electron chi connectivity index (χ1n) is 11.1. The number of piperazine rings is 1. The molecular weight excluding hydrogens is 418 g/mol. The quantitative estimate of drug-likeness (QED) is 0.699. The van der Waals surface area contributed by atoms with Crippen molar-refractivity contribution in [2.45, 2.75) is 51.3 Å². The molecule has 4 rings (SSSR count). The molecule has 2 aliphatic heterocycles. The van der Waals surface area contributed by atoms with E-state index in [2.05, 4.69) is 6.92 Å². The number of hydrogen-bond acceptors (Lipinski definition) is 4. The van der Waals surface area contributed by atoms with Crippen molar-refractivity contribution in [3.63, 3.8) is 0 Å². The molecule has 1 aliphatic carbocycles. The molecule has 1 unspecified atom stereocenters. The Morgan fingerprint density at radius 1 is 1.06 bits per heavy atom. The van der Waals surface area contributed by atoms with Gasteiger partial charge in [0.25, 0.3) is 5.91 Å². The maximum Gasteiger partial charge on any atom is 0.256 e. The number of carbonyl (C=O) groups is 3. The highest BCUT2D eigenvalue weighted by atomic mass is 35.5. The summed E-state index contributed by atoms with van der Waals surface area (Å²) in [6.45, 7) is 5.92. The van der Waals surface area contributed by atoms with Crippen molar-refractivity contribution in [3.8, 4) is 0 Å². The zero-order valence-corrected chi connectivity index (χ0v) is 18.9. The summed E-state index contributed by atoms with van der Waals surface area (Å²) in [7, 11) is 0. The number of nitrogens with zero attached hydrogens (tertiary/aromatic N) is 3. The summed E-state index contributed by atoms with van der Waals surface area (Å²) < 4.78 is 6.26. The molecule has 0 N–H and O–H groups in total. The molecule has 0 radical (unpaired) electrons. The Morgan fingerprint density at radius 3 is 2.32 bits per heavy atom. The summed E-state index contributed by atoms with van der Waals surface area (Å²) in [5.41, 5.74) is -0.275. The van der Waals surface area contributed by atoms with Crippen LogP contribution in [0.25, 0.3) is 0 Å². The van der Waals surface area contributed by atoms with Crippen LogP contribution < -0.4 is 0 Å². The molecule has 8 heteroatoms. The van der Waals surface area contributed by atoms with E-state index in [-0.39, 0.29) is 24.3 Å². The lowest BCUT2D eigenvalue weighted by Crippen LogP contribution is -2.59. The van der Waals surface area contributed by atoms with Crippen LogP contribution in [0.15, 0.2) is 24.3 Å². The fourth-order valence-corrected chi connectivity index (χ4v) is 5.17. The van der Waals surface area contributed by atoms with E-state index in [0.29, 0.717) is 42.7 Å². The van der Waals surface area contributed by atoms with Crippen LogP contribution >= 0.6 is 11.6 Å². The van der Waals surface area contributed by atoms with Crippen LogP contribution in [0.3, 0.4) is 0 Å². The van der Waals surface area contributed by atoms with Crippen molar-refractivity contribution in [2.75, 3.05) is 32.8 Å². The van der Waals surface area contributed by atoms with Crippen LogP contribution in [0.2, 0.25) is 5.02 Å². The van der Waals surface area contributed by atoms with Crippen LogP contribution in [-0.4, -0.2) is 77.0 Å². The normalized spacial score (nSPS) is 28.8. The molecule has 2 heterocycles. The van der Waals surface area contributed by atoms with Gasteiger partial charge in [0.2, 0.25) is 11.8 Å². The summed E-state index contributed by atoms with van der Waals surface area (Å²) in [4.78, 5) is 44.0. The summed E-state index contributed by atoms with van der Waals surface area (Å²) in [5.74, 6) is 0.278. The molecule has 3 aliphatic rings. The topological polar surface area (TPSA) is 70.2 Å². The van der Waals surface area contributed by atoms with Gasteiger partial charge >= 0.3 is 0 Å². The Hall–Kier alpha value is -2.12. The van der Waals surface area contributed by atoms with Crippen molar-refractivity contribution < 1.29 is 19.1 Å². The smallest absolute Gasteiger partial charge is 0.256 e. The van der Waals surface area contributed by atoms with Crippen molar-refractivity contribution >= 4 is 29.3 Å². The zero-order valence-electron chi connectivity index (χ0n) is 18.2. The van der Waals surface area contributed by atoms with Crippen molar-refractivity contribution in [3.05, 3.63) is 34.9 Å². The van der Waals surface area contributed by atoms with Gasteiger partial charge in [-0.05, 0) is 49.8 Å². The number of carbonyl (C=O) groups excluding carboxylic acids is 3. The van der Waals surface area contributed by atoms with E-state index >= 15 is 0 Å². The van der Waals surface area contributed by atoms with Crippen molar-refractivity contribution in [1.29, 1.82) is 0 Å². The molecular formula is C23H30ClN3O4. The molecule has 7 nitrogen and oxygen atoms in total. The SMILES string of the molecule is CC(=O)N1CCN(C(=O)C2COC3(CCC(C)CC3)N2C(=O)c2cccc(Cl)c2)CC1. The van der Waals surface area contributed by atoms with Crippen LogP contribution in [0.1, 0.15) is 49.9 Å². The average Bonchev–Trinajstić information content (AvgIpc) is 3.13. The number of amides is 3. The predicted molar refractivity (Wildman–Crippen MR) is 117 cm³/mol. The van der Waals surface area contributed by atoms with E-state index in [1.165, 1.54) is 0 Å². The van der Waals surface area contributed by atoms with E-state index in [0.717, 1.165) is 25.7 Å². The Bertz CT molecular complexity index is 860. The molecule has 0 aromatic heterocycles. The van der Waals surface area contributed by atoms with Crippen molar-refractivity contribution in [1.82, 2.24) is 14.7 Å². The van der Waals surface area contributed by atoms with Gasteiger partial charge in [-0.15, -0.1) is 0 Å². The molecule has 3 amide bonds. The van der Waals surface area contributed by atoms with Gasteiger partial charge in [0.1, 0.15) is 11.8 Å². The minimum Gasteiger partial charge on any atom is -0.353 e. The number of ether oxygens (including phenoxy) is 1. The molecule has 1 aromatic rings. The highest BCUT2D eigenvalue weighted by Gasteiger charge is 2.54. The molecule has 1 saturated carbocycles. The van der Waals surface area contributed by atoms with Crippen LogP contribution in [0.5, 0.6) is 0 Å². The van der Waals surface area contributed by atoms with Gasteiger partial charge in [-0.1, -0.05) is 24.6 Å². The fraction of sp³-hybridized carbons (Fsp3) is 0.609. The molecule has 1 spiro atoms. The Kier molecular flexibility index (Phi) is 6.26. The monoisotopic (exact) mass is 447 g/mol. The van der Waals surface area contributed by atoms with Crippen LogP contribution in [-0.2, 0) is 14.3 Å². The van der Waals surface area contributed by atoms with Gasteiger partial charge in [0, 0.05) is 43.7 Å². The zero-order chi connectivity index (χ0) is 22.2.